The lowest BCUT2D eigenvalue weighted by molar-refractivity contribution is 0.360. The molecule has 0 saturated heterocycles. The van der Waals surface area contributed by atoms with Gasteiger partial charge in [-0.3, -0.25) is 0 Å². The van der Waals surface area contributed by atoms with E-state index in [4.69, 9.17) is 17.3 Å². The predicted octanol–water partition coefficient (Wildman–Crippen LogP) is 6.68. The van der Waals surface area contributed by atoms with Crippen LogP contribution in [0, 0.1) is 0 Å². The van der Waals surface area contributed by atoms with Crippen LogP contribution in [-0.4, -0.2) is 24.2 Å². The minimum Gasteiger partial charge on any atom is -0.344 e. The average Bonchev–Trinajstić information content (AvgIpc) is 3.16. The summed E-state index contributed by atoms with van der Waals surface area (Å²) in [5, 5.41) is 5.76. The predicted molar refractivity (Wildman–Crippen MR) is 136 cm³/mol. The molecule has 1 unspecified atom stereocenters. The summed E-state index contributed by atoms with van der Waals surface area (Å²) in [7, 11) is 0. The van der Waals surface area contributed by atoms with E-state index in [2.05, 4.69) is 58.5 Å². The van der Waals surface area contributed by atoms with Gasteiger partial charge in [0.25, 0.3) is 0 Å². The summed E-state index contributed by atoms with van der Waals surface area (Å²) < 4.78 is 2.57. The molecule has 0 aliphatic heterocycles. The van der Waals surface area contributed by atoms with Crippen molar-refractivity contribution in [1.82, 2.24) is 9.88 Å². The third-order valence-electron chi connectivity index (χ3n) is 6.53. The molecule has 0 bridgehead atoms. The van der Waals surface area contributed by atoms with E-state index in [1.807, 2.05) is 6.07 Å². The molecular formula is C26H35Cl2N3. The second-order valence-corrected chi connectivity index (χ2v) is 9.03. The molecule has 168 valence electrons. The smallest absolute Gasteiger partial charge is 0.0485 e. The molecule has 1 heterocycles. The van der Waals surface area contributed by atoms with Crippen molar-refractivity contribution in [3.05, 3.63) is 70.9 Å². The largest absolute Gasteiger partial charge is 0.344 e. The zero-order chi connectivity index (χ0) is 20.8. The highest BCUT2D eigenvalue weighted by Crippen LogP contribution is 2.39. The van der Waals surface area contributed by atoms with Gasteiger partial charge in [0.05, 0.1) is 0 Å². The molecule has 1 saturated carbocycles. The van der Waals surface area contributed by atoms with Crippen LogP contribution in [0.2, 0.25) is 5.02 Å². The summed E-state index contributed by atoms with van der Waals surface area (Å²) in [5.41, 5.74) is 9.76. The number of nitrogens with zero attached hydrogens (tertiary/aromatic N) is 1. The Hall–Kier alpha value is -1.52. The molecule has 1 atom stereocenters. The molecule has 2 aromatic carbocycles. The monoisotopic (exact) mass is 459 g/mol. The molecular weight excluding hydrogens is 425 g/mol. The normalized spacial score (nSPS) is 15.7. The lowest BCUT2D eigenvalue weighted by atomic mass is 9.88. The first-order valence-corrected chi connectivity index (χ1v) is 11.9. The van der Waals surface area contributed by atoms with E-state index < -0.39 is 0 Å². The van der Waals surface area contributed by atoms with E-state index in [0.717, 1.165) is 37.5 Å². The molecule has 5 heteroatoms. The van der Waals surface area contributed by atoms with Crippen LogP contribution in [-0.2, 0) is 0 Å². The Morgan fingerprint density at radius 3 is 2.61 bits per heavy atom. The van der Waals surface area contributed by atoms with Crippen LogP contribution in [0.3, 0.4) is 0 Å². The first kappa shape index (κ1) is 24.1. The zero-order valence-corrected chi connectivity index (χ0v) is 19.8. The van der Waals surface area contributed by atoms with E-state index in [9.17, 15) is 0 Å². The Labute approximate surface area is 197 Å². The molecule has 0 radical (unpaired) electrons. The number of benzene rings is 2. The molecule has 4 rings (SSSR count). The number of aromatic nitrogens is 1. The van der Waals surface area contributed by atoms with Gasteiger partial charge < -0.3 is 15.6 Å². The number of nitrogens with one attached hydrogen (secondary N) is 1. The minimum atomic E-state index is 0. The maximum atomic E-state index is 6.39. The Morgan fingerprint density at radius 1 is 1.03 bits per heavy atom. The van der Waals surface area contributed by atoms with E-state index in [-0.39, 0.29) is 12.4 Å². The molecule has 3 N–H and O–H groups in total. The number of para-hydroxylation sites is 1. The third kappa shape index (κ3) is 5.84. The molecule has 1 fully saturated rings. The Morgan fingerprint density at radius 2 is 1.84 bits per heavy atom. The Kier molecular flexibility index (Phi) is 9.28. The second kappa shape index (κ2) is 11.9. The fourth-order valence-electron chi connectivity index (χ4n) is 4.99. The molecule has 0 amide bonds. The zero-order valence-electron chi connectivity index (χ0n) is 18.2. The topological polar surface area (TPSA) is 43.0 Å². The van der Waals surface area contributed by atoms with E-state index in [1.165, 1.54) is 54.1 Å². The minimum absolute atomic E-state index is 0. The highest BCUT2D eigenvalue weighted by atomic mass is 35.5. The van der Waals surface area contributed by atoms with Crippen LogP contribution in [0.4, 0.5) is 0 Å². The number of hydrogen-bond acceptors (Lipinski definition) is 2. The third-order valence-corrected chi connectivity index (χ3v) is 6.77. The van der Waals surface area contributed by atoms with Crippen LogP contribution in [0.15, 0.2) is 54.7 Å². The van der Waals surface area contributed by atoms with E-state index in [0.29, 0.717) is 12.0 Å². The summed E-state index contributed by atoms with van der Waals surface area (Å²) in [6.07, 6.45) is 11.2. The van der Waals surface area contributed by atoms with Gasteiger partial charge in [-0.15, -0.1) is 12.4 Å². The van der Waals surface area contributed by atoms with Crippen molar-refractivity contribution in [1.29, 1.82) is 0 Å². The maximum absolute atomic E-state index is 6.39. The van der Waals surface area contributed by atoms with Crippen molar-refractivity contribution >= 4 is 34.9 Å². The van der Waals surface area contributed by atoms with Gasteiger partial charge in [0, 0.05) is 34.1 Å². The van der Waals surface area contributed by atoms with Gasteiger partial charge in [-0.1, -0.05) is 61.2 Å². The lowest BCUT2D eigenvalue weighted by Gasteiger charge is -2.24. The fourth-order valence-corrected chi connectivity index (χ4v) is 5.19. The highest BCUT2D eigenvalue weighted by Gasteiger charge is 2.23. The van der Waals surface area contributed by atoms with Crippen LogP contribution >= 0.6 is 24.0 Å². The first-order valence-electron chi connectivity index (χ1n) is 11.5. The molecule has 1 aliphatic carbocycles. The average molecular weight is 460 g/mol. The summed E-state index contributed by atoms with van der Waals surface area (Å²) in [4.78, 5) is 0. The van der Waals surface area contributed by atoms with Gasteiger partial charge in [-0.2, -0.15) is 0 Å². The summed E-state index contributed by atoms with van der Waals surface area (Å²) >= 11 is 6.39. The van der Waals surface area contributed by atoms with Crippen molar-refractivity contribution in [3.63, 3.8) is 0 Å². The molecule has 1 aromatic heterocycles. The van der Waals surface area contributed by atoms with Crippen LogP contribution in [0.5, 0.6) is 0 Å². The summed E-state index contributed by atoms with van der Waals surface area (Å²) in [5.74, 6) is 0.323. The van der Waals surface area contributed by atoms with Gasteiger partial charge in [0.1, 0.15) is 0 Å². The highest BCUT2D eigenvalue weighted by molar-refractivity contribution is 6.30. The summed E-state index contributed by atoms with van der Waals surface area (Å²) in [6.45, 7) is 2.68. The Balaban J connectivity index is 0.00000272. The van der Waals surface area contributed by atoms with Crippen LogP contribution in [0.25, 0.3) is 10.9 Å². The Bertz CT molecular complexity index is 947. The summed E-state index contributed by atoms with van der Waals surface area (Å²) in [6, 6.07) is 18.0. The van der Waals surface area contributed by atoms with E-state index >= 15 is 0 Å². The number of hydrogen-bond donors (Lipinski definition) is 2. The van der Waals surface area contributed by atoms with Gasteiger partial charge >= 0.3 is 0 Å². The molecule has 1 aliphatic rings. The van der Waals surface area contributed by atoms with Crippen molar-refractivity contribution in [2.45, 2.75) is 56.9 Å². The van der Waals surface area contributed by atoms with Gasteiger partial charge in [0.2, 0.25) is 0 Å². The number of nitrogens with two attached hydrogens (primary N) is 1. The fraction of sp³-hybridized carbons (Fsp3) is 0.462. The number of fused-ring (bicyclic) bond motifs is 1. The van der Waals surface area contributed by atoms with Crippen molar-refractivity contribution in [2.75, 3.05) is 19.6 Å². The van der Waals surface area contributed by atoms with E-state index in [1.54, 1.807) is 0 Å². The van der Waals surface area contributed by atoms with Crippen molar-refractivity contribution in [2.24, 2.45) is 5.73 Å². The van der Waals surface area contributed by atoms with Crippen molar-refractivity contribution in [3.8, 4) is 0 Å². The lowest BCUT2D eigenvalue weighted by Crippen LogP contribution is -2.21. The molecule has 3 nitrogen and oxygen atoms in total. The van der Waals surface area contributed by atoms with Gasteiger partial charge in [0.15, 0.2) is 0 Å². The standard InChI is InChI=1S/C26H34ClN3.ClH/c27-21-9-6-8-20(18-21)23(14-17-29-16-7-15-28)25-19-30(22-10-2-1-3-11-22)26-13-5-4-12-24(25)26;/h4-6,8-9,12-13,18-19,22-23,29H,1-3,7,10-11,14-17,28H2;1H. The van der Waals surface area contributed by atoms with Gasteiger partial charge in [-0.25, -0.2) is 0 Å². The maximum Gasteiger partial charge on any atom is 0.0485 e. The number of rotatable bonds is 9. The van der Waals surface area contributed by atoms with Crippen molar-refractivity contribution < 1.29 is 0 Å². The van der Waals surface area contributed by atoms with Crippen LogP contribution < -0.4 is 11.1 Å². The number of halogens is 2. The van der Waals surface area contributed by atoms with Crippen LogP contribution in [0.1, 0.15) is 68.0 Å². The molecule has 0 spiro atoms. The molecule has 31 heavy (non-hydrogen) atoms. The molecule has 3 aromatic rings. The second-order valence-electron chi connectivity index (χ2n) is 8.59. The SMILES string of the molecule is Cl.NCCCNCCC(c1cccc(Cl)c1)c1cn(C2CCCCC2)c2ccccc12. The quantitative estimate of drug-likeness (QED) is 0.350. The van der Waals surface area contributed by atoms with Gasteiger partial charge in [-0.05, 0) is 74.6 Å². The first-order chi connectivity index (χ1) is 14.8.